The van der Waals surface area contributed by atoms with E-state index in [9.17, 15) is 17.6 Å². The van der Waals surface area contributed by atoms with E-state index >= 15 is 0 Å². The zero-order valence-corrected chi connectivity index (χ0v) is 19.4. The van der Waals surface area contributed by atoms with Crippen LogP contribution in [0.3, 0.4) is 0 Å². The molecule has 1 saturated heterocycles. The lowest BCUT2D eigenvalue weighted by Gasteiger charge is -2.25. The molecule has 0 aliphatic carbocycles. The van der Waals surface area contributed by atoms with Crippen LogP contribution < -0.4 is 10.1 Å². The minimum atomic E-state index is -3.72. The van der Waals surface area contributed by atoms with Gasteiger partial charge in [-0.15, -0.1) is 11.3 Å². The molecule has 1 amide bonds. The van der Waals surface area contributed by atoms with E-state index in [1.165, 1.54) is 22.5 Å². The summed E-state index contributed by atoms with van der Waals surface area (Å²) in [5, 5.41) is 4.39. The van der Waals surface area contributed by atoms with Gasteiger partial charge >= 0.3 is 0 Å². The van der Waals surface area contributed by atoms with Gasteiger partial charge in [-0.2, -0.15) is 16.1 Å². The number of anilines is 1. The SMILES string of the molecule is O=C(Nc1cccc(COc2cccc(F)c2)c1)c1sccc1S(=O)(=O)N1CCSCC1. The third-order valence-corrected chi connectivity index (χ3v) is 8.74. The van der Waals surface area contributed by atoms with Gasteiger partial charge in [0.1, 0.15) is 27.9 Å². The average Bonchev–Trinajstić information content (AvgIpc) is 3.30. The Labute approximate surface area is 194 Å². The van der Waals surface area contributed by atoms with Crippen LogP contribution in [0.1, 0.15) is 15.2 Å². The van der Waals surface area contributed by atoms with E-state index in [2.05, 4.69) is 5.32 Å². The van der Waals surface area contributed by atoms with Gasteiger partial charge in [-0.05, 0) is 41.3 Å². The summed E-state index contributed by atoms with van der Waals surface area (Å²) >= 11 is 2.81. The molecule has 10 heteroatoms. The Morgan fingerprint density at radius 1 is 1.09 bits per heavy atom. The second kappa shape index (κ2) is 10.0. The van der Waals surface area contributed by atoms with Crippen molar-refractivity contribution in [2.45, 2.75) is 11.5 Å². The van der Waals surface area contributed by atoms with Crippen LogP contribution in [0.5, 0.6) is 5.75 Å². The molecular weight excluding hydrogens is 471 g/mol. The number of carbonyl (C=O) groups is 1. The summed E-state index contributed by atoms with van der Waals surface area (Å²) in [7, 11) is -3.72. The first kappa shape index (κ1) is 22.8. The number of amides is 1. The van der Waals surface area contributed by atoms with E-state index < -0.39 is 15.9 Å². The number of thioether (sulfide) groups is 1. The van der Waals surface area contributed by atoms with Crippen molar-refractivity contribution in [2.24, 2.45) is 0 Å². The molecule has 0 unspecified atom stereocenters. The zero-order chi connectivity index (χ0) is 22.6. The number of carbonyl (C=O) groups excluding carboxylic acids is 1. The Morgan fingerprint density at radius 2 is 1.88 bits per heavy atom. The van der Waals surface area contributed by atoms with Crippen LogP contribution in [0.4, 0.5) is 10.1 Å². The molecule has 1 fully saturated rings. The van der Waals surface area contributed by atoms with Crippen LogP contribution in [-0.2, 0) is 16.6 Å². The van der Waals surface area contributed by atoms with Gasteiger partial charge in [-0.3, -0.25) is 4.79 Å². The van der Waals surface area contributed by atoms with Crippen LogP contribution >= 0.6 is 23.1 Å². The van der Waals surface area contributed by atoms with Crippen LogP contribution in [-0.4, -0.2) is 43.2 Å². The number of hydrogen-bond donors (Lipinski definition) is 1. The monoisotopic (exact) mass is 492 g/mol. The van der Waals surface area contributed by atoms with Crippen molar-refractivity contribution in [2.75, 3.05) is 29.9 Å². The fraction of sp³-hybridized carbons (Fsp3) is 0.227. The van der Waals surface area contributed by atoms with Crippen molar-refractivity contribution in [1.82, 2.24) is 4.31 Å². The summed E-state index contributed by atoms with van der Waals surface area (Å²) < 4.78 is 46.4. The summed E-state index contributed by atoms with van der Waals surface area (Å²) in [4.78, 5) is 13.1. The molecule has 3 aromatic rings. The molecule has 168 valence electrons. The highest BCUT2D eigenvalue weighted by atomic mass is 32.2. The Balaban J connectivity index is 1.46. The second-order valence-electron chi connectivity index (χ2n) is 7.03. The molecule has 1 aromatic heterocycles. The molecule has 0 atom stereocenters. The normalized spacial score (nSPS) is 14.8. The molecule has 1 aliphatic heterocycles. The average molecular weight is 493 g/mol. The fourth-order valence-electron chi connectivity index (χ4n) is 3.24. The summed E-state index contributed by atoms with van der Waals surface area (Å²) in [6, 6.07) is 14.4. The van der Waals surface area contributed by atoms with Gasteiger partial charge in [0.15, 0.2) is 0 Å². The number of halogens is 1. The number of hydrogen-bond acceptors (Lipinski definition) is 6. The predicted molar refractivity (Wildman–Crippen MR) is 126 cm³/mol. The van der Waals surface area contributed by atoms with Gasteiger partial charge in [-0.25, -0.2) is 12.8 Å². The van der Waals surface area contributed by atoms with Crippen molar-refractivity contribution in [3.8, 4) is 5.75 Å². The molecule has 4 rings (SSSR count). The Morgan fingerprint density at radius 3 is 2.66 bits per heavy atom. The standard InChI is InChI=1S/C22H21FN2O4S3/c23-17-4-2-6-19(14-17)29-15-16-3-1-5-18(13-16)24-22(26)21-20(7-10-31-21)32(27,28)25-8-11-30-12-9-25/h1-7,10,13-14H,8-9,11-12,15H2,(H,24,26). The van der Waals surface area contributed by atoms with E-state index in [0.717, 1.165) is 28.4 Å². The molecule has 1 aliphatic rings. The molecule has 0 spiro atoms. The van der Waals surface area contributed by atoms with E-state index in [-0.39, 0.29) is 22.2 Å². The smallest absolute Gasteiger partial charge is 0.267 e. The number of thiophene rings is 1. The molecule has 0 radical (unpaired) electrons. The van der Waals surface area contributed by atoms with Crippen molar-refractivity contribution in [3.63, 3.8) is 0 Å². The first-order valence-corrected chi connectivity index (χ1v) is 13.3. The molecule has 0 saturated carbocycles. The van der Waals surface area contributed by atoms with Crippen LogP contribution in [0.2, 0.25) is 0 Å². The molecule has 0 bridgehead atoms. The van der Waals surface area contributed by atoms with E-state index in [1.807, 2.05) is 6.07 Å². The topological polar surface area (TPSA) is 75.7 Å². The van der Waals surface area contributed by atoms with E-state index in [4.69, 9.17) is 4.74 Å². The number of ether oxygens (including phenoxy) is 1. The Hall–Kier alpha value is -2.40. The first-order chi connectivity index (χ1) is 15.4. The van der Waals surface area contributed by atoms with Crippen LogP contribution in [0.15, 0.2) is 64.9 Å². The van der Waals surface area contributed by atoms with Gasteiger partial charge in [0.2, 0.25) is 10.0 Å². The Bertz CT molecular complexity index is 1210. The Kier molecular flexibility index (Phi) is 7.14. The highest BCUT2D eigenvalue weighted by molar-refractivity contribution is 7.99. The maximum atomic E-state index is 13.3. The number of benzene rings is 2. The van der Waals surface area contributed by atoms with Gasteiger partial charge in [0.25, 0.3) is 5.91 Å². The maximum absolute atomic E-state index is 13.3. The molecule has 6 nitrogen and oxygen atoms in total. The van der Waals surface area contributed by atoms with Crippen molar-refractivity contribution >= 4 is 44.7 Å². The molecule has 2 heterocycles. The molecule has 2 aromatic carbocycles. The zero-order valence-electron chi connectivity index (χ0n) is 17.0. The van der Waals surface area contributed by atoms with Crippen molar-refractivity contribution in [3.05, 3.63) is 76.2 Å². The number of sulfonamides is 1. The van der Waals surface area contributed by atoms with Crippen LogP contribution in [0.25, 0.3) is 0 Å². The first-order valence-electron chi connectivity index (χ1n) is 9.87. The fourth-order valence-corrected chi connectivity index (χ4v) is 7.11. The third-order valence-electron chi connectivity index (χ3n) is 4.81. The molecule has 1 N–H and O–H groups in total. The summed E-state index contributed by atoms with van der Waals surface area (Å²) in [5.74, 6) is 1.04. The van der Waals surface area contributed by atoms with Gasteiger partial charge in [-0.1, -0.05) is 18.2 Å². The largest absolute Gasteiger partial charge is 0.489 e. The lowest BCUT2D eigenvalue weighted by Crippen LogP contribution is -2.38. The highest BCUT2D eigenvalue weighted by Crippen LogP contribution is 2.28. The second-order valence-corrected chi connectivity index (χ2v) is 11.1. The van der Waals surface area contributed by atoms with Gasteiger partial charge < -0.3 is 10.1 Å². The highest BCUT2D eigenvalue weighted by Gasteiger charge is 2.31. The minimum Gasteiger partial charge on any atom is -0.489 e. The third kappa shape index (κ3) is 5.32. The summed E-state index contributed by atoms with van der Waals surface area (Å²) in [5.41, 5.74) is 1.29. The quantitative estimate of drug-likeness (QED) is 0.527. The lowest BCUT2D eigenvalue weighted by atomic mass is 10.2. The number of nitrogens with zero attached hydrogens (tertiary/aromatic N) is 1. The molecule has 32 heavy (non-hydrogen) atoms. The maximum Gasteiger partial charge on any atom is 0.267 e. The predicted octanol–water partition coefficient (Wildman–Crippen LogP) is 4.46. The van der Waals surface area contributed by atoms with Crippen LogP contribution in [0, 0.1) is 5.82 Å². The number of rotatable bonds is 7. The van der Waals surface area contributed by atoms with Gasteiger partial charge in [0.05, 0.1) is 0 Å². The molecular formula is C22H21FN2O4S3. The van der Waals surface area contributed by atoms with E-state index in [0.29, 0.717) is 24.5 Å². The van der Waals surface area contributed by atoms with Crippen molar-refractivity contribution in [1.29, 1.82) is 0 Å². The number of nitrogens with one attached hydrogen (secondary N) is 1. The van der Waals surface area contributed by atoms with Crippen molar-refractivity contribution < 1.29 is 22.3 Å². The minimum absolute atomic E-state index is 0.0393. The summed E-state index contributed by atoms with van der Waals surface area (Å²) in [6.07, 6.45) is 0. The summed E-state index contributed by atoms with van der Waals surface area (Å²) in [6.45, 7) is 1.08. The van der Waals surface area contributed by atoms with Gasteiger partial charge in [0, 0.05) is 36.3 Å². The van der Waals surface area contributed by atoms with E-state index in [1.54, 1.807) is 47.5 Å². The lowest BCUT2D eigenvalue weighted by molar-refractivity contribution is 0.102.